The molecule has 0 saturated carbocycles. The van der Waals surface area contributed by atoms with Crippen molar-refractivity contribution in [3.8, 4) is 5.75 Å². The smallest absolute Gasteiger partial charge is 0.251 e. The number of carbonyl (C=O) groups is 1. The van der Waals surface area contributed by atoms with Crippen LogP contribution in [0.1, 0.15) is 27.0 Å². The zero-order valence-electron chi connectivity index (χ0n) is 14.6. The van der Waals surface area contributed by atoms with E-state index >= 15 is 0 Å². The second kappa shape index (κ2) is 9.42. The molecule has 4 N–H and O–H groups in total. The van der Waals surface area contributed by atoms with Gasteiger partial charge in [-0.2, -0.15) is 0 Å². The van der Waals surface area contributed by atoms with Crippen LogP contribution in [0, 0.1) is 0 Å². The van der Waals surface area contributed by atoms with Gasteiger partial charge >= 0.3 is 0 Å². The van der Waals surface area contributed by atoms with Crippen molar-refractivity contribution >= 4 is 35.8 Å². The van der Waals surface area contributed by atoms with Crippen LogP contribution < -0.4 is 21.1 Å². The molecule has 2 aromatic rings. The second-order valence-electron chi connectivity index (χ2n) is 5.86. The molecule has 1 heterocycles. The van der Waals surface area contributed by atoms with Crippen molar-refractivity contribution in [2.45, 2.75) is 19.5 Å². The van der Waals surface area contributed by atoms with E-state index in [2.05, 4.69) is 15.6 Å². The summed E-state index contributed by atoms with van der Waals surface area (Å²) in [5.41, 5.74) is 9.73. The monoisotopic (exact) mass is 466 g/mol. The minimum absolute atomic E-state index is 0. The molecule has 138 valence electrons. The Bertz CT molecular complexity index is 808. The van der Waals surface area contributed by atoms with Crippen molar-refractivity contribution in [3.05, 3.63) is 64.7 Å². The van der Waals surface area contributed by atoms with E-state index in [9.17, 15) is 4.79 Å². The first kappa shape index (κ1) is 20.0. The molecule has 1 aliphatic heterocycles. The van der Waals surface area contributed by atoms with Crippen LogP contribution in [0.2, 0.25) is 0 Å². The van der Waals surface area contributed by atoms with Crippen LogP contribution in [-0.4, -0.2) is 25.5 Å². The topological polar surface area (TPSA) is 88.7 Å². The van der Waals surface area contributed by atoms with Crippen LogP contribution in [0.5, 0.6) is 5.75 Å². The summed E-state index contributed by atoms with van der Waals surface area (Å²) in [6.45, 7) is 1.65. The summed E-state index contributed by atoms with van der Waals surface area (Å²) in [4.78, 5) is 16.2. The molecule has 1 aliphatic rings. The standard InChI is InChI=1S/C19H22N4O2.HI/c1-25-17-5-3-2-4-15(17)12-23-19(20)22-11-13-6-7-14-8-9-21-18(24)16(14)10-13;/h2-7,10H,8-9,11-12H2,1H3,(H,21,24)(H3,20,22,23);1H. The number of para-hydroxylation sites is 1. The molecule has 0 aromatic heterocycles. The van der Waals surface area contributed by atoms with Crippen molar-refractivity contribution in [2.75, 3.05) is 13.7 Å². The number of methoxy groups -OCH3 is 1. The Morgan fingerprint density at radius 2 is 2.12 bits per heavy atom. The van der Waals surface area contributed by atoms with Gasteiger partial charge in [0.15, 0.2) is 5.96 Å². The summed E-state index contributed by atoms with van der Waals surface area (Å²) < 4.78 is 5.31. The van der Waals surface area contributed by atoms with E-state index in [1.165, 1.54) is 0 Å². The largest absolute Gasteiger partial charge is 0.496 e. The lowest BCUT2D eigenvalue weighted by Gasteiger charge is -2.16. The quantitative estimate of drug-likeness (QED) is 0.358. The summed E-state index contributed by atoms with van der Waals surface area (Å²) in [6.07, 6.45) is 0.868. The molecule has 0 bridgehead atoms. The third-order valence-electron chi connectivity index (χ3n) is 4.18. The maximum atomic E-state index is 11.9. The molecule has 1 amide bonds. The van der Waals surface area contributed by atoms with E-state index in [1.807, 2.05) is 42.5 Å². The van der Waals surface area contributed by atoms with Gasteiger partial charge in [0.05, 0.1) is 13.7 Å². The maximum absolute atomic E-state index is 11.9. The highest BCUT2D eigenvalue weighted by Gasteiger charge is 2.16. The molecule has 0 saturated heterocycles. The van der Waals surface area contributed by atoms with Gasteiger partial charge in [-0.15, -0.1) is 24.0 Å². The average molecular weight is 466 g/mol. The maximum Gasteiger partial charge on any atom is 0.251 e. The summed E-state index contributed by atoms with van der Waals surface area (Å²) >= 11 is 0. The second-order valence-corrected chi connectivity index (χ2v) is 5.86. The third kappa shape index (κ3) is 4.87. The number of rotatable bonds is 5. The van der Waals surface area contributed by atoms with Crippen molar-refractivity contribution in [1.29, 1.82) is 0 Å². The van der Waals surface area contributed by atoms with Crippen LogP contribution in [0.15, 0.2) is 47.5 Å². The normalized spacial score (nSPS) is 13.3. The van der Waals surface area contributed by atoms with Gasteiger partial charge in [0, 0.05) is 24.2 Å². The van der Waals surface area contributed by atoms with Gasteiger partial charge < -0.3 is 21.1 Å². The Kier molecular flexibility index (Phi) is 7.26. The Hall–Kier alpha value is -2.29. The number of fused-ring (bicyclic) bond motifs is 1. The molecule has 0 radical (unpaired) electrons. The number of nitrogens with two attached hydrogens (primary N) is 1. The van der Waals surface area contributed by atoms with Gasteiger partial charge in [-0.25, -0.2) is 4.99 Å². The van der Waals surface area contributed by atoms with Gasteiger partial charge in [-0.05, 0) is 29.7 Å². The Balaban J connectivity index is 0.00000243. The van der Waals surface area contributed by atoms with Crippen molar-refractivity contribution in [1.82, 2.24) is 10.6 Å². The fourth-order valence-electron chi connectivity index (χ4n) is 2.82. The van der Waals surface area contributed by atoms with Crippen LogP contribution in [0.25, 0.3) is 0 Å². The number of carbonyl (C=O) groups excluding carboxylic acids is 1. The third-order valence-corrected chi connectivity index (χ3v) is 4.18. The van der Waals surface area contributed by atoms with Crippen molar-refractivity contribution in [2.24, 2.45) is 10.7 Å². The number of nitrogens with one attached hydrogen (secondary N) is 2. The molecular weight excluding hydrogens is 443 g/mol. The van der Waals surface area contributed by atoms with E-state index in [-0.39, 0.29) is 29.9 Å². The van der Waals surface area contributed by atoms with Crippen LogP contribution >= 0.6 is 24.0 Å². The molecule has 26 heavy (non-hydrogen) atoms. The molecule has 0 spiro atoms. The summed E-state index contributed by atoms with van der Waals surface area (Å²) in [7, 11) is 1.64. The first-order valence-corrected chi connectivity index (χ1v) is 8.23. The molecule has 2 aromatic carbocycles. The molecule has 6 nitrogen and oxygen atoms in total. The van der Waals surface area contributed by atoms with Crippen molar-refractivity contribution in [3.63, 3.8) is 0 Å². The summed E-state index contributed by atoms with van der Waals surface area (Å²) in [5.74, 6) is 1.14. The summed E-state index contributed by atoms with van der Waals surface area (Å²) in [5, 5.41) is 5.94. The first-order chi connectivity index (χ1) is 12.2. The van der Waals surface area contributed by atoms with Gasteiger partial charge in [-0.3, -0.25) is 4.79 Å². The molecule has 0 atom stereocenters. The Morgan fingerprint density at radius 1 is 1.31 bits per heavy atom. The number of benzene rings is 2. The van der Waals surface area contributed by atoms with Gasteiger partial charge in [0.1, 0.15) is 5.75 Å². The number of halogens is 1. The highest BCUT2D eigenvalue weighted by atomic mass is 127. The number of ether oxygens (including phenoxy) is 1. The van der Waals surface area contributed by atoms with Crippen molar-refractivity contribution < 1.29 is 9.53 Å². The minimum atomic E-state index is -0.0191. The fraction of sp³-hybridized carbons (Fsp3) is 0.263. The Morgan fingerprint density at radius 3 is 2.92 bits per heavy atom. The van der Waals surface area contributed by atoms with Crippen LogP contribution in [-0.2, 0) is 19.5 Å². The number of amides is 1. The fourth-order valence-corrected chi connectivity index (χ4v) is 2.82. The predicted octanol–water partition coefficient (Wildman–Crippen LogP) is 2.20. The van der Waals surface area contributed by atoms with E-state index in [1.54, 1.807) is 7.11 Å². The van der Waals surface area contributed by atoms with E-state index in [4.69, 9.17) is 10.5 Å². The number of hydrogen-bond donors (Lipinski definition) is 3. The molecule has 0 aliphatic carbocycles. The zero-order chi connectivity index (χ0) is 17.6. The van der Waals surface area contributed by atoms with E-state index < -0.39 is 0 Å². The summed E-state index contributed by atoms with van der Waals surface area (Å²) in [6, 6.07) is 13.6. The average Bonchev–Trinajstić information content (AvgIpc) is 2.65. The van der Waals surface area contributed by atoms with Gasteiger partial charge in [-0.1, -0.05) is 30.3 Å². The lowest BCUT2D eigenvalue weighted by Crippen LogP contribution is -2.32. The predicted molar refractivity (Wildman–Crippen MR) is 113 cm³/mol. The lowest BCUT2D eigenvalue weighted by atomic mass is 9.98. The molecule has 0 fully saturated rings. The van der Waals surface area contributed by atoms with E-state index in [0.717, 1.165) is 34.4 Å². The lowest BCUT2D eigenvalue weighted by molar-refractivity contribution is 0.0946. The molecule has 7 heteroatoms. The zero-order valence-corrected chi connectivity index (χ0v) is 16.9. The first-order valence-electron chi connectivity index (χ1n) is 8.23. The number of guanidine groups is 1. The van der Waals surface area contributed by atoms with Crippen LogP contribution in [0.3, 0.4) is 0 Å². The highest BCUT2D eigenvalue weighted by Crippen LogP contribution is 2.17. The number of aliphatic imine (C=N–C) groups is 1. The van der Waals surface area contributed by atoms with Crippen LogP contribution in [0.4, 0.5) is 0 Å². The Labute approximate surface area is 170 Å². The minimum Gasteiger partial charge on any atom is -0.496 e. The van der Waals surface area contributed by atoms with E-state index in [0.29, 0.717) is 25.6 Å². The molecule has 3 rings (SSSR count). The molecular formula is C19H23IN4O2. The van der Waals surface area contributed by atoms with Gasteiger partial charge in [0.2, 0.25) is 0 Å². The number of hydrogen-bond acceptors (Lipinski definition) is 3. The highest BCUT2D eigenvalue weighted by molar-refractivity contribution is 14.0. The molecule has 0 unspecified atom stereocenters. The van der Waals surface area contributed by atoms with Gasteiger partial charge in [0.25, 0.3) is 5.91 Å². The number of nitrogens with zero attached hydrogens (tertiary/aromatic N) is 1. The SMILES string of the molecule is COc1ccccc1CNC(N)=NCc1ccc2c(c1)C(=O)NCC2.I.